The molecule has 1 aliphatic carbocycles. The number of hydrogen-bond donors (Lipinski definition) is 2. The van der Waals surface area contributed by atoms with Crippen LogP contribution in [0.25, 0.3) is 0 Å². The summed E-state index contributed by atoms with van der Waals surface area (Å²) in [5, 5.41) is 6.32. The molecule has 110 valence electrons. The number of hydrogen-bond acceptors (Lipinski definition) is 4. The Morgan fingerprint density at radius 3 is 2.42 bits per heavy atom. The van der Waals surface area contributed by atoms with Crippen molar-refractivity contribution in [2.45, 2.75) is 37.5 Å². The first-order valence-corrected chi connectivity index (χ1v) is 7.08. The van der Waals surface area contributed by atoms with Crippen LogP contribution in [0.5, 0.6) is 0 Å². The Kier molecular flexibility index (Phi) is 5.01. The van der Waals surface area contributed by atoms with Gasteiger partial charge in [-0.1, -0.05) is 0 Å². The summed E-state index contributed by atoms with van der Waals surface area (Å²) in [5.74, 6) is -0.280. The number of nitrogens with zero attached hydrogens (tertiary/aromatic N) is 1. The van der Waals surface area contributed by atoms with Gasteiger partial charge in [-0.25, -0.2) is 4.79 Å². The number of carbonyl (C=O) groups is 1. The monoisotopic (exact) mass is 271 g/mol. The molecule has 1 saturated carbocycles. The minimum absolute atomic E-state index is 0.0443. The van der Waals surface area contributed by atoms with Gasteiger partial charge in [0.1, 0.15) is 0 Å². The van der Waals surface area contributed by atoms with Gasteiger partial charge >= 0.3 is 6.03 Å². The van der Waals surface area contributed by atoms with Crippen LogP contribution in [0, 0.1) is 0 Å². The molecule has 0 aromatic rings. The highest BCUT2D eigenvalue weighted by atomic mass is 16.7. The van der Waals surface area contributed by atoms with Gasteiger partial charge in [0, 0.05) is 46.1 Å². The quantitative estimate of drug-likeness (QED) is 0.732. The second-order valence-corrected chi connectivity index (χ2v) is 5.46. The summed E-state index contributed by atoms with van der Waals surface area (Å²) in [6, 6.07) is 0.465. The lowest BCUT2D eigenvalue weighted by Gasteiger charge is -2.35. The van der Waals surface area contributed by atoms with Gasteiger partial charge in [0.15, 0.2) is 5.79 Å². The Balaban J connectivity index is 1.57. The van der Waals surface area contributed by atoms with Crippen LogP contribution in [0.3, 0.4) is 0 Å². The van der Waals surface area contributed by atoms with E-state index < -0.39 is 0 Å². The van der Waals surface area contributed by atoms with E-state index in [2.05, 4.69) is 10.6 Å². The molecule has 19 heavy (non-hydrogen) atoms. The highest BCUT2D eigenvalue weighted by molar-refractivity contribution is 5.73. The van der Waals surface area contributed by atoms with E-state index in [0.717, 1.165) is 45.4 Å². The molecule has 2 rings (SSSR count). The summed E-state index contributed by atoms with van der Waals surface area (Å²) in [6.07, 6.45) is 4.08. The molecule has 0 bridgehead atoms. The van der Waals surface area contributed by atoms with Crippen LogP contribution in [-0.4, -0.2) is 63.2 Å². The summed E-state index contributed by atoms with van der Waals surface area (Å²) < 4.78 is 11.4. The fourth-order valence-corrected chi connectivity index (χ4v) is 2.65. The molecule has 6 heteroatoms. The molecule has 0 radical (unpaired) electrons. The van der Waals surface area contributed by atoms with Crippen LogP contribution in [0.4, 0.5) is 4.79 Å². The van der Waals surface area contributed by atoms with Crippen LogP contribution in [-0.2, 0) is 9.47 Å². The molecule has 0 aromatic heterocycles. The Hall–Kier alpha value is -0.850. The van der Waals surface area contributed by atoms with E-state index in [9.17, 15) is 4.79 Å². The van der Waals surface area contributed by atoms with Crippen molar-refractivity contribution in [2.24, 2.45) is 0 Å². The number of urea groups is 1. The predicted octanol–water partition coefficient (Wildman–Crippen LogP) is 0.533. The van der Waals surface area contributed by atoms with Crippen LogP contribution >= 0.6 is 0 Å². The molecule has 6 nitrogen and oxygen atoms in total. The zero-order valence-corrected chi connectivity index (χ0v) is 11.9. The highest BCUT2D eigenvalue weighted by Crippen LogP contribution is 2.35. The average Bonchev–Trinajstić information content (AvgIpc) is 2.85. The average molecular weight is 271 g/mol. The molecule has 2 amide bonds. The summed E-state index contributed by atoms with van der Waals surface area (Å²) in [5.41, 5.74) is 0. The van der Waals surface area contributed by atoms with Crippen molar-refractivity contribution in [1.29, 1.82) is 0 Å². The minimum atomic E-state index is -0.280. The third-order valence-corrected chi connectivity index (χ3v) is 3.80. The van der Waals surface area contributed by atoms with Crippen molar-refractivity contribution >= 4 is 6.03 Å². The van der Waals surface area contributed by atoms with Crippen molar-refractivity contribution in [3.05, 3.63) is 0 Å². The maximum absolute atomic E-state index is 11.3. The number of ether oxygens (including phenoxy) is 2. The predicted molar refractivity (Wildman–Crippen MR) is 72.0 cm³/mol. The third kappa shape index (κ3) is 4.06. The first-order valence-electron chi connectivity index (χ1n) is 7.08. The van der Waals surface area contributed by atoms with Crippen LogP contribution < -0.4 is 10.6 Å². The van der Waals surface area contributed by atoms with Crippen LogP contribution in [0.2, 0.25) is 0 Å². The maximum atomic E-state index is 11.3. The van der Waals surface area contributed by atoms with Gasteiger partial charge in [-0.2, -0.15) is 0 Å². The van der Waals surface area contributed by atoms with Gasteiger partial charge in [0.2, 0.25) is 0 Å². The largest absolute Gasteiger partial charge is 0.348 e. The van der Waals surface area contributed by atoms with E-state index >= 15 is 0 Å². The minimum Gasteiger partial charge on any atom is -0.348 e. The molecule has 1 saturated heterocycles. The third-order valence-electron chi connectivity index (χ3n) is 3.80. The topological polar surface area (TPSA) is 62.8 Å². The van der Waals surface area contributed by atoms with Gasteiger partial charge in [-0.05, 0) is 12.8 Å². The Bertz CT molecular complexity index is 294. The summed E-state index contributed by atoms with van der Waals surface area (Å²) >= 11 is 0. The lowest BCUT2D eigenvalue weighted by molar-refractivity contribution is -0.179. The standard InChI is InChI=1S/C13H25N3O3/c1-16(2)12(17)15-8-7-14-11-3-5-13(6-4-11)18-9-10-19-13/h11,14H,3-10H2,1-2H3,(H,15,17). The molecular formula is C13H25N3O3. The van der Waals surface area contributed by atoms with E-state index in [1.54, 1.807) is 19.0 Å². The van der Waals surface area contributed by atoms with Crippen molar-refractivity contribution in [2.75, 3.05) is 40.4 Å². The number of carbonyl (C=O) groups excluding carboxylic acids is 1. The lowest BCUT2D eigenvalue weighted by atomic mass is 9.90. The summed E-state index contributed by atoms with van der Waals surface area (Å²) in [4.78, 5) is 12.9. The SMILES string of the molecule is CN(C)C(=O)NCCNC1CCC2(CC1)OCCO2. The number of rotatable bonds is 4. The molecule has 0 aromatic carbocycles. The lowest BCUT2D eigenvalue weighted by Crippen LogP contribution is -2.45. The summed E-state index contributed by atoms with van der Waals surface area (Å²) in [6.45, 7) is 2.92. The smallest absolute Gasteiger partial charge is 0.316 e. The van der Waals surface area contributed by atoms with E-state index in [0.29, 0.717) is 12.6 Å². The maximum Gasteiger partial charge on any atom is 0.316 e. The van der Waals surface area contributed by atoms with Gasteiger partial charge < -0.3 is 25.0 Å². The zero-order chi connectivity index (χ0) is 13.7. The van der Waals surface area contributed by atoms with E-state index in [-0.39, 0.29) is 11.8 Å². The first kappa shape index (κ1) is 14.6. The molecule has 1 heterocycles. The van der Waals surface area contributed by atoms with E-state index in [1.807, 2.05) is 0 Å². The first-order chi connectivity index (χ1) is 9.11. The second-order valence-electron chi connectivity index (χ2n) is 5.46. The molecular weight excluding hydrogens is 246 g/mol. The second kappa shape index (κ2) is 6.54. The zero-order valence-electron chi connectivity index (χ0n) is 11.9. The van der Waals surface area contributed by atoms with Crippen LogP contribution in [0.1, 0.15) is 25.7 Å². The molecule has 2 N–H and O–H groups in total. The van der Waals surface area contributed by atoms with Gasteiger partial charge in [0.05, 0.1) is 13.2 Å². The summed E-state index contributed by atoms with van der Waals surface area (Å²) in [7, 11) is 3.48. The highest BCUT2D eigenvalue weighted by Gasteiger charge is 2.39. The van der Waals surface area contributed by atoms with Gasteiger partial charge in [0.25, 0.3) is 0 Å². The molecule has 1 spiro atoms. The molecule has 2 fully saturated rings. The van der Waals surface area contributed by atoms with Crippen molar-refractivity contribution in [1.82, 2.24) is 15.5 Å². The van der Waals surface area contributed by atoms with Crippen molar-refractivity contribution in [3.8, 4) is 0 Å². The fourth-order valence-electron chi connectivity index (χ4n) is 2.65. The van der Waals surface area contributed by atoms with Gasteiger partial charge in [-0.3, -0.25) is 0 Å². The Labute approximate surface area is 114 Å². The fraction of sp³-hybridized carbons (Fsp3) is 0.923. The van der Waals surface area contributed by atoms with Crippen molar-refractivity contribution < 1.29 is 14.3 Å². The number of nitrogens with one attached hydrogen (secondary N) is 2. The molecule has 0 unspecified atom stereocenters. The normalized spacial score (nSPS) is 22.6. The number of amides is 2. The van der Waals surface area contributed by atoms with E-state index in [4.69, 9.17) is 9.47 Å². The van der Waals surface area contributed by atoms with Crippen molar-refractivity contribution in [3.63, 3.8) is 0 Å². The van der Waals surface area contributed by atoms with Crippen LogP contribution in [0.15, 0.2) is 0 Å². The van der Waals surface area contributed by atoms with Gasteiger partial charge in [-0.15, -0.1) is 0 Å². The Morgan fingerprint density at radius 1 is 1.21 bits per heavy atom. The van der Waals surface area contributed by atoms with E-state index in [1.165, 1.54) is 0 Å². The Morgan fingerprint density at radius 2 is 1.84 bits per heavy atom. The molecule has 1 aliphatic heterocycles. The molecule has 0 atom stereocenters. The molecule has 2 aliphatic rings.